The Balaban J connectivity index is 1.93. The number of fused-ring (bicyclic) bond motifs is 3. The van der Waals surface area contributed by atoms with Gasteiger partial charge in [0.1, 0.15) is 36.3 Å². The van der Waals surface area contributed by atoms with Gasteiger partial charge < -0.3 is 61.2 Å². The van der Waals surface area contributed by atoms with E-state index < -0.39 is 116 Å². The summed E-state index contributed by atoms with van der Waals surface area (Å²) >= 11 is 0. The van der Waals surface area contributed by atoms with E-state index in [0.717, 1.165) is 0 Å². The first-order valence-corrected chi connectivity index (χ1v) is 36.4. The van der Waals surface area contributed by atoms with Crippen LogP contribution < -0.4 is 0 Å². The van der Waals surface area contributed by atoms with Crippen LogP contribution >= 0.6 is 0 Å². The van der Waals surface area contributed by atoms with Crippen LogP contribution in [0.4, 0.5) is 0 Å². The first-order valence-electron chi connectivity index (χ1n) is 27.7. The van der Waals surface area contributed by atoms with Crippen LogP contribution in [0.25, 0.3) is 0 Å². The normalized spacial score (nSPS) is 37.8. The minimum Gasteiger partial charge on any atom is -0.462 e. The number of carbonyl (C=O) groups is 2. The molecule has 4 aliphatic rings. The molecule has 15 nitrogen and oxygen atoms in total. The number of rotatable bonds is 14. The maximum absolute atomic E-state index is 14.1. The Hall–Kier alpha value is -1.37. The molecule has 3 fully saturated rings. The fraction of sp³-hybridized carbons (Fsp3) is 0.893. The van der Waals surface area contributed by atoms with Crippen LogP contribution in [0.5, 0.6) is 0 Å². The van der Waals surface area contributed by atoms with Gasteiger partial charge in [-0.2, -0.15) is 0 Å². The second-order valence-electron chi connectivity index (χ2n) is 27.1. The molecular formula is C56H105NO14Si3. The van der Waals surface area contributed by atoms with Gasteiger partial charge in [0.05, 0.1) is 43.0 Å². The van der Waals surface area contributed by atoms with Gasteiger partial charge in [0.25, 0.3) is 0 Å². The molecule has 0 amide bonds. The molecule has 3 saturated heterocycles. The van der Waals surface area contributed by atoms with E-state index in [1.54, 1.807) is 27.9 Å². The smallest absolute Gasteiger partial charge is 0.308 e. The summed E-state index contributed by atoms with van der Waals surface area (Å²) in [4.78, 5) is 28.7. The van der Waals surface area contributed by atoms with Crippen molar-refractivity contribution in [3.63, 3.8) is 0 Å². The first-order chi connectivity index (χ1) is 33.8. The molecule has 0 aromatic heterocycles. The average molecular weight is 1100 g/mol. The number of likely N-dealkylation sites (N-methyl/N-ethyl adjacent to an activating group) is 1. The minimum atomic E-state index is -2.62. The molecule has 4 aliphatic heterocycles. The third kappa shape index (κ3) is 16.6. The van der Waals surface area contributed by atoms with E-state index in [4.69, 9.17) is 51.2 Å². The Morgan fingerprint density at radius 2 is 1.34 bits per heavy atom. The monoisotopic (exact) mass is 1100 g/mol. The van der Waals surface area contributed by atoms with Crippen molar-refractivity contribution in [3.8, 4) is 0 Å². The van der Waals surface area contributed by atoms with E-state index in [1.165, 1.54) is 0 Å². The highest BCUT2D eigenvalue weighted by Gasteiger charge is 2.57. The Bertz CT molecular complexity index is 1870. The lowest BCUT2D eigenvalue weighted by Gasteiger charge is -2.53. The zero-order chi connectivity index (χ0) is 56.3. The number of carbonyl (C=O) groups excluding carboxylic acids is 2. The Morgan fingerprint density at radius 3 is 1.88 bits per heavy atom. The SMILES string of the molecule is CCC(=O)O[C@@H]1[C@@H](C)O[C@H](O[C@@H]2[C@@H](N(C)C)[C@H](O[Si](C)(C)C(C)(C)C)[C@@H](O[C@H]3[C@H]4CC(O[Si](C)(C)C(C)(C)C)O[C@H](CC(=O)O[C@H](C)C/C=C/C=C/[C@H](O[Si](C)(C)C(C)(C)C)[C@H](C)C4)[C@@H]3OC)O[C@H]2C)C[C@]1(C)O. The predicted octanol–water partition coefficient (Wildman–Crippen LogP) is 11.1. The quantitative estimate of drug-likeness (QED) is 0.129. The van der Waals surface area contributed by atoms with E-state index >= 15 is 0 Å². The zero-order valence-electron chi connectivity index (χ0n) is 50.5. The van der Waals surface area contributed by atoms with Gasteiger partial charge in [0, 0.05) is 32.8 Å². The lowest BCUT2D eigenvalue weighted by atomic mass is 9.83. The molecule has 430 valence electrons. The van der Waals surface area contributed by atoms with Crippen LogP contribution in [0, 0.1) is 11.8 Å². The summed E-state index contributed by atoms with van der Waals surface area (Å²) in [6.07, 6.45) is 1.16. The third-order valence-electron chi connectivity index (χ3n) is 17.4. The molecule has 1 unspecified atom stereocenters. The first kappa shape index (κ1) is 65.2. The lowest BCUT2D eigenvalue weighted by molar-refractivity contribution is -0.342. The minimum absolute atomic E-state index is 0.0118. The van der Waals surface area contributed by atoms with Crippen molar-refractivity contribution in [2.24, 2.45) is 11.8 Å². The van der Waals surface area contributed by atoms with Gasteiger partial charge in [-0.3, -0.25) is 9.59 Å². The van der Waals surface area contributed by atoms with Gasteiger partial charge in [-0.1, -0.05) is 100 Å². The summed E-state index contributed by atoms with van der Waals surface area (Å²) in [5.41, 5.74) is -1.43. The Labute approximate surface area is 451 Å². The van der Waals surface area contributed by atoms with Crippen molar-refractivity contribution in [1.82, 2.24) is 4.90 Å². The van der Waals surface area contributed by atoms with Crippen LogP contribution in [-0.4, -0.2) is 160 Å². The van der Waals surface area contributed by atoms with E-state index in [0.29, 0.717) is 19.3 Å². The molecule has 18 heteroatoms. The standard InChI is InChI=1S/C56H105NO14Si3/c1-25-42(58)66-51-38(5)63-45(34-56(51,15)60)67-47-37(4)64-52(50(46(47)57(16)17)71-74(23,24)55(12,13)14)68-48-39-31-35(2)40(69-72(19,20)53(6,7)8)30-28-26-27-29-36(3)62-43(59)33-41(49(48)61-18)65-44(32-39)70-73(21,22)54(9,10)11/h26-28,30,35-41,44-52,60H,25,29,31-34H2,1-24H3/b27-26+,30-28+/t35-,36-,37+,38-,39-,40+,41-,44?,45-,46-,47+,48+,49+,50+,51-,52-,56+/m1/s1. The van der Waals surface area contributed by atoms with Crippen LogP contribution in [0.2, 0.25) is 54.4 Å². The predicted molar refractivity (Wildman–Crippen MR) is 298 cm³/mol. The number of nitrogens with zero attached hydrogens (tertiary/aromatic N) is 1. The van der Waals surface area contributed by atoms with Crippen molar-refractivity contribution in [2.45, 2.75) is 288 Å². The van der Waals surface area contributed by atoms with Gasteiger partial charge >= 0.3 is 11.9 Å². The van der Waals surface area contributed by atoms with Crippen molar-refractivity contribution >= 4 is 36.9 Å². The van der Waals surface area contributed by atoms with Gasteiger partial charge in [-0.05, 0) is 114 Å². The number of hydrogen-bond donors (Lipinski definition) is 1. The summed E-state index contributed by atoms with van der Waals surface area (Å²) in [5, 5.41) is 11.4. The maximum atomic E-state index is 14.1. The molecule has 17 atom stereocenters. The van der Waals surface area contributed by atoms with Gasteiger partial charge in [-0.15, -0.1) is 0 Å². The van der Waals surface area contributed by atoms with E-state index in [1.807, 2.05) is 40.1 Å². The van der Waals surface area contributed by atoms with Crippen LogP contribution in [0.1, 0.15) is 142 Å². The van der Waals surface area contributed by atoms with Crippen molar-refractivity contribution < 1.29 is 65.9 Å². The van der Waals surface area contributed by atoms with Gasteiger partial charge in [-0.25, -0.2) is 0 Å². The van der Waals surface area contributed by atoms with Crippen molar-refractivity contribution in [3.05, 3.63) is 24.3 Å². The summed E-state index contributed by atoms with van der Waals surface area (Å²) < 4.78 is 75.8. The maximum Gasteiger partial charge on any atom is 0.308 e. The van der Waals surface area contributed by atoms with Gasteiger partial charge in [0.2, 0.25) is 0 Å². The van der Waals surface area contributed by atoms with Crippen molar-refractivity contribution in [2.75, 3.05) is 21.2 Å². The van der Waals surface area contributed by atoms with E-state index in [9.17, 15) is 14.7 Å². The Kier molecular flexibility index (Phi) is 22.4. The van der Waals surface area contributed by atoms with Gasteiger partial charge in [0.15, 0.2) is 43.6 Å². The fourth-order valence-electron chi connectivity index (χ4n) is 9.82. The second kappa shape index (κ2) is 25.4. The molecule has 0 saturated carbocycles. The largest absolute Gasteiger partial charge is 0.462 e. The molecule has 0 aliphatic carbocycles. The van der Waals surface area contributed by atoms with Crippen LogP contribution in [0.15, 0.2) is 24.3 Å². The molecule has 2 bridgehead atoms. The highest BCUT2D eigenvalue weighted by molar-refractivity contribution is 6.75. The molecule has 0 radical (unpaired) electrons. The summed E-state index contributed by atoms with van der Waals surface area (Å²) in [7, 11) is -1.71. The third-order valence-corrected chi connectivity index (χ3v) is 30.8. The summed E-state index contributed by atoms with van der Waals surface area (Å²) in [6, 6.07) is -0.453. The number of aliphatic hydroxyl groups is 1. The van der Waals surface area contributed by atoms with Crippen molar-refractivity contribution in [1.29, 1.82) is 0 Å². The Morgan fingerprint density at radius 1 is 0.757 bits per heavy atom. The van der Waals surface area contributed by atoms with E-state index in [2.05, 4.69) is 126 Å². The molecule has 0 aromatic rings. The highest BCUT2D eigenvalue weighted by Crippen LogP contribution is 2.46. The van der Waals surface area contributed by atoms with Crippen LogP contribution in [0.3, 0.4) is 0 Å². The molecule has 4 heterocycles. The van der Waals surface area contributed by atoms with E-state index in [-0.39, 0.29) is 58.4 Å². The molecular weight excluding hydrogens is 995 g/mol. The molecule has 74 heavy (non-hydrogen) atoms. The fourth-order valence-corrected chi connectivity index (χ4v) is 13.6. The number of allylic oxidation sites excluding steroid dienone is 2. The highest BCUT2D eigenvalue weighted by atomic mass is 28.4. The number of ether oxygens (including phenoxy) is 8. The van der Waals surface area contributed by atoms with Crippen LogP contribution in [-0.2, 0) is 60.8 Å². The average Bonchev–Trinajstić information content (AvgIpc) is 3.35. The molecule has 0 spiro atoms. The number of methoxy groups -OCH3 is 1. The number of cyclic esters (lactones) is 1. The summed E-state index contributed by atoms with van der Waals surface area (Å²) in [6.45, 7) is 44.9. The number of esters is 2. The molecule has 0 aromatic carbocycles. The number of hydrogen-bond acceptors (Lipinski definition) is 15. The molecule has 1 N–H and O–H groups in total. The second-order valence-corrected chi connectivity index (χ2v) is 41.4. The zero-order valence-corrected chi connectivity index (χ0v) is 53.5. The topological polar surface area (TPSA) is 159 Å². The molecule has 4 rings (SSSR count). The summed E-state index contributed by atoms with van der Waals surface area (Å²) in [5.74, 6) is -1.09. The lowest BCUT2D eigenvalue weighted by Crippen LogP contribution is -2.68.